The van der Waals surface area contributed by atoms with Crippen molar-refractivity contribution >= 4 is 161 Å². The van der Waals surface area contributed by atoms with Crippen LogP contribution in [0.3, 0.4) is 0 Å². The lowest BCUT2D eigenvalue weighted by Crippen LogP contribution is -2.50. The maximum absolute atomic E-state index is 7.04. The van der Waals surface area contributed by atoms with Gasteiger partial charge in [-0.15, -0.1) is 21.9 Å². The van der Waals surface area contributed by atoms with Crippen molar-refractivity contribution in [1.82, 2.24) is 0 Å². The van der Waals surface area contributed by atoms with Crippen LogP contribution in [0.1, 0.15) is 0 Å². The lowest BCUT2D eigenvalue weighted by molar-refractivity contribution is 0.673. The highest BCUT2D eigenvalue weighted by atomic mass is 16.3. The van der Waals surface area contributed by atoms with Crippen LogP contribution in [-0.2, 0) is 0 Å². The van der Waals surface area contributed by atoms with E-state index in [9.17, 15) is 0 Å². The Hall–Kier alpha value is -5.14. The second-order valence-electron chi connectivity index (χ2n) is 13.0. The largest absolute Gasteiger partial charge is 0.455 e. The molecule has 9 rings (SSSR count). The van der Waals surface area contributed by atoms with Gasteiger partial charge in [-0.3, -0.25) is 0 Å². The third-order valence-electron chi connectivity index (χ3n) is 10.2. The van der Waals surface area contributed by atoms with E-state index in [-0.39, 0.29) is 43.7 Å². The van der Waals surface area contributed by atoms with Gasteiger partial charge in [-0.1, -0.05) is 113 Å². The smallest absolute Gasteiger partial charge is 0.143 e. The summed E-state index contributed by atoms with van der Waals surface area (Å²) in [6.07, 6.45) is 0. The Labute approximate surface area is 306 Å². The second-order valence-corrected chi connectivity index (χ2v) is 13.0. The normalized spacial score (nSPS) is 11.8. The van der Waals surface area contributed by atoms with Gasteiger partial charge in [-0.05, 0) is 78.5 Å². The molecular weight excluding hydrogens is 607 g/mol. The minimum Gasteiger partial charge on any atom is -0.455 e. The maximum Gasteiger partial charge on any atom is 0.143 e. The van der Waals surface area contributed by atoms with Crippen molar-refractivity contribution in [3.63, 3.8) is 0 Å². The summed E-state index contributed by atoms with van der Waals surface area (Å²) in [5, 5.41) is 6.06. The third-order valence-corrected chi connectivity index (χ3v) is 10.2. The van der Waals surface area contributed by atoms with Gasteiger partial charge in [0, 0.05) is 16.2 Å². The highest BCUT2D eigenvalue weighted by molar-refractivity contribution is 6.71. The quantitative estimate of drug-likeness (QED) is 0.218. The molecule has 16 radical (unpaired) electrons. The van der Waals surface area contributed by atoms with Gasteiger partial charge in [0.1, 0.15) is 73.9 Å². The fourth-order valence-electron chi connectivity index (χ4n) is 7.75. The standard InChI is InChI=1S/C42H18B8O/c43-34-30-27(22-12-6-11-21(18-22)19-8-2-1-3-9-19)31-33(37(46)41(50)39(48)35(31)44)29(32(30)36(45)40(49)38(34)47)24-14-7-15-26-28(24)25-17-16-20-10-4-5-13-23(20)42(25)51-26/h1-18H. The van der Waals surface area contributed by atoms with Gasteiger partial charge in [0.15, 0.2) is 0 Å². The molecule has 9 aromatic rings. The van der Waals surface area contributed by atoms with E-state index in [0.717, 1.165) is 49.4 Å². The molecule has 0 bridgehead atoms. The minimum atomic E-state index is 0.162. The average molecular weight is 625 g/mol. The topological polar surface area (TPSA) is 13.1 Å². The monoisotopic (exact) mass is 626 g/mol. The fraction of sp³-hybridized carbons (Fsp3) is 0. The molecule has 0 unspecified atom stereocenters. The molecule has 0 amide bonds. The molecule has 1 heterocycles. The summed E-state index contributed by atoms with van der Waals surface area (Å²) < 4.78 is 6.59. The van der Waals surface area contributed by atoms with Crippen LogP contribution in [0.2, 0.25) is 0 Å². The van der Waals surface area contributed by atoms with E-state index in [1.807, 2.05) is 84.9 Å². The Morgan fingerprint density at radius 2 is 0.882 bits per heavy atom. The molecule has 9 heteroatoms. The van der Waals surface area contributed by atoms with Crippen molar-refractivity contribution < 1.29 is 4.42 Å². The van der Waals surface area contributed by atoms with Crippen LogP contribution >= 0.6 is 0 Å². The van der Waals surface area contributed by atoms with Crippen LogP contribution in [0.4, 0.5) is 0 Å². The molecule has 0 aliphatic rings. The Kier molecular flexibility index (Phi) is 7.30. The Morgan fingerprint density at radius 3 is 1.53 bits per heavy atom. The molecule has 0 saturated carbocycles. The number of hydrogen-bond acceptors (Lipinski definition) is 1. The van der Waals surface area contributed by atoms with E-state index in [4.69, 9.17) is 67.2 Å². The maximum atomic E-state index is 7.04. The third kappa shape index (κ3) is 4.53. The van der Waals surface area contributed by atoms with Crippen LogP contribution < -0.4 is 43.7 Å². The van der Waals surface area contributed by atoms with Gasteiger partial charge in [-0.25, -0.2) is 0 Å². The molecule has 0 spiro atoms. The summed E-state index contributed by atoms with van der Waals surface area (Å²) in [4.78, 5) is 0. The predicted octanol–water partition coefficient (Wildman–Crippen LogP) is 2.40. The van der Waals surface area contributed by atoms with E-state index in [2.05, 4.69) is 24.3 Å². The molecule has 0 aliphatic heterocycles. The molecule has 0 N–H and O–H groups in total. The van der Waals surface area contributed by atoms with E-state index < -0.39 is 0 Å². The average Bonchev–Trinajstić information content (AvgIpc) is 3.56. The molecule has 8 aromatic carbocycles. The van der Waals surface area contributed by atoms with Gasteiger partial charge in [-0.2, -0.15) is 0 Å². The van der Waals surface area contributed by atoms with Crippen LogP contribution in [0.5, 0.6) is 0 Å². The lowest BCUT2D eigenvalue weighted by atomic mass is 9.59. The fourth-order valence-corrected chi connectivity index (χ4v) is 7.75. The molecule has 0 atom stereocenters. The van der Waals surface area contributed by atoms with Crippen LogP contribution in [-0.4, -0.2) is 62.8 Å². The highest BCUT2D eigenvalue weighted by Crippen LogP contribution is 2.46. The number of rotatable bonds is 3. The number of benzene rings is 8. The first kappa shape index (κ1) is 31.8. The summed E-state index contributed by atoms with van der Waals surface area (Å²) >= 11 is 0. The van der Waals surface area contributed by atoms with Crippen molar-refractivity contribution in [2.45, 2.75) is 0 Å². The summed E-state index contributed by atoms with van der Waals surface area (Å²) in [5.74, 6) is 0. The summed E-state index contributed by atoms with van der Waals surface area (Å²) in [7, 11) is 54.6. The molecule has 0 saturated heterocycles. The Balaban J connectivity index is 1.55. The molecule has 51 heavy (non-hydrogen) atoms. The number of fused-ring (bicyclic) bond motifs is 7. The van der Waals surface area contributed by atoms with E-state index in [0.29, 0.717) is 38.3 Å². The van der Waals surface area contributed by atoms with Crippen molar-refractivity contribution in [2.75, 3.05) is 0 Å². The van der Waals surface area contributed by atoms with Gasteiger partial charge in [0.2, 0.25) is 0 Å². The van der Waals surface area contributed by atoms with Crippen molar-refractivity contribution in [3.05, 3.63) is 109 Å². The van der Waals surface area contributed by atoms with Crippen molar-refractivity contribution in [2.24, 2.45) is 0 Å². The number of furan rings is 1. The van der Waals surface area contributed by atoms with Crippen molar-refractivity contribution in [3.8, 4) is 33.4 Å². The van der Waals surface area contributed by atoms with Gasteiger partial charge >= 0.3 is 0 Å². The summed E-state index contributed by atoms with van der Waals surface area (Å²) in [6.45, 7) is 0. The van der Waals surface area contributed by atoms with Crippen LogP contribution in [0.15, 0.2) is 114 Å². The zero-order valence-electron chi connectivity index (χ0n) is 27.4. The Morgan fingerprint density at radius 1 is 0.353 bits per heavy atom. The SMILES string of the molecule is [B]c1c([B])c([B])c2c(-c3cccc4oc5c6ccccc6ccc5c34)c3c([B])c([B])c([B])c([B])c3c(-c3cccc(-c4ccccc4)c3)c2c1[B]. The molecule has 0 fully saturated rings. The van der Waals surface area contributed by atoms with Crippen LogP contribution in [0.25, 0.3) is 87.6 Å². The zero-order chi connectivity index (χ0) is 35.3. The van der Waals surface area contributed by atoms with E-state index in [1.54, 1.807) is 0 Å². The van der Waals surface area contributed by atoms with Gasteiger partial charge in [0.05, 0.1) is 0 Å². The van der Waals surface area contributed by atoms with Gasteiger partial charge < -0.3 is 4.42 Å². The van der Waals surface area contributed by atoms with E-state index >= 15 is 0 Å². The molecule has 216 valence electrons. The minimum absolute atomic E-state index is 0.162. The Bertz CT molecular complexity index is 2870. The van der Waals surface area contributed by atoms with E-state index in [1.165, 1.54) is 0 Å². The lowest BCUT2D eigenvalue weighted by Gasteiger charge is -2.29. The molecular formula is C42H18B8O. The highest BCUT2D eigenvalue weighted by Gasteiger charge is 2.26. The molecule has 1 nitrogen and oxygen atoms in total. The predicted molar refractivity (Wildman–Crippen MR) is 226 cm³/mol. The van der Waals surface area contributed by atoms with Crippen molar-refractivity contribution in [1.29, 1.82) is 0 Å². The second kappa shape index (κ2) is 11.7. The summed E-state index contributed by atoms with van der Waals surface area (Å²) in [6, 6.07) is 36.3. The first-order chi connectivity index (χ1) is 24.7. The molecule has 1 aromatic heterocycles. The summed E-state index contributed by atoms with van der Waals surface area (Å²) in [5.41, 5.74) is 7.95. The van der Waals surface area contributed by atoms with Gasteiger partial charge in [0.25, 0.3) is 0 Å². The first-order valence-electron chi connectivity index (χ1n) is 16.4. The molecule has 0 aliphatic carbocycles. The zero-order valence-corrected chi connectivity index (χ0v) is 27.4. The van der Waals surface area contributed by atoms with Crippen LogP contribution in [0, 0.1) is 0 Å². The number of hydrogen-bond donors (Lipinski definition) is 0. The first-order valence-corrected chi connectivity index (χ1v) is 16.4.